The quantitative estimate of drug-likeness (QED) is 0.812. The highest BCUT2D eigenvalue weighted by molar-refractivity contribution is 5.75. The van der Waals surface area contributed by atoms with Crippen LogP contribution < -0.4 is 5.32 Å². The first-order valence-corrected chi connectivity index (χ1v) is 9.16. The Balaban J connectivity index is 1.55. The zero-order chi connectivity index (χ0) is 15.1. The van der Waals surface area contributed by atoms with E-state index in [1.54, 1.807) is 0 Å². The van der Waals surface area contributed by atoms with E-state index >= 15 is 0 Å². The van der Waals surface area contributed by atoms with E-state index in [9.17, 15) is 4.79 Å². The van der Waals surface area contributed by atoms with Gasteiger partial charge < -0.3 is 10.2 Å². The molecular formula is C18H34N2O. The molecular weight excluding hydrogens is 260 g/mol. The fourth-order valence-corrected chi connectivity index (χ4v) is 3.83. The Morgan fingerprint density at radius 3 is 2.33 bits per heavy atom. The number of hydrogen-bond acceptors (Lipinski definition) is 2. The number of likely N-dealkylation sites (tertiary alicyclic amines) is 1. The Kier molecular flexibility index (Phi) is 7.01. The maximum Gasteiger partial charge on any atom is 0.220 e. The molecule has 2 rings (SSSR count). The normalized spacial score (nSPS) is 22.6. The van der Waals surface area contributed by atoms with Crippen molar-refractivity contribution >= 4 is 5.91 Å². The lowest BCUT2D eigenvalue weighted by molar-refractivity contribution is -0.121. The standard InChI is InChI=1S/C18H34N2O/c1-15(2)20-12-10-17(11-13-20)14-19-18(21)9-8-16-6-4-3-5-7-16/h15-17H,3-14H2,1-2H3,(H,19,21). The lowest BCUT2D eigenvalue weighted by atomic mass is 9.86. The van der Waals surface area contributed by atoms with Gasteiger partial charge in [-0.25, -0.2) is 0 Å². The van der Waals surface area contributed by atoms with Crippen LogP contribution in [0.25, 0.3) is 0 Å². The molecule has 2 fully saturated rings. The van der Waals surface area contributed by atoms with Gasteiger partial charge in [0.15, 0.2) is 0 Å². The van der Waals surface area contributed by atoms with E-state index in [0.717, 1.165) is 25.3 Å². The van der Waals surface area contributed by atoms with Crippen molar-refractivity contribution in [3.63, 3.8) is 0 Å². The second-order valence-corrected chi connectivity index (χ2v) is 7.42. The zero-order valence-corrected chi connectivity index (χ0v) is 14.1. The van der Waals surface area contributed by atoms with Crippen LogP contribution in [0.5, 0.6) is 0 Å². The van der Waals surface area contributed by atoms with Crippen LogP contribution in [0.4, 0.5) is 0 Å². The first kappa shape index (κ1) is 16.8. The molecule has 1 saturated carbocycles. The Morgan fingerprint density at radius 2 is 1.71 bits per heavy atom. The smallest absolute Gasteiger partial charge is 0.220 e. The van der Waals surface area contributed by atoms with E-state index in [-0.39, 0.29) is 5.91 Å². The SMILES string of the molecule is CC(C)N1CCC(CNC(=O)CCC2CCCCC2)CC1. The second-order valence-electron chi connectivity index (χ2n) is 7.42. The molecule has 1 aliphatic carbocycles. The number of nitrogens with one attached hydrogen (secondary N) is 1. The molecule has 2 aliphatic rings. The Labute approximate surface area is 130 Å². The maximum absolute atomic E-state index is 12.0. The van der Waals surface area contributed by atoms with Gasteiger partial charge in [0.2, 0.25) is 5.91 Å². The Bertz CT molecular complexity index is 302. The van der Waals surface area contributed by atoms with Crippen molar-refractivity contribution < 1.29 is 4.79 Å². The highest BCUT2D eigenvalue weighted by Crippen LogP contribution is 2.27. The summed E-state index contributed by atoms with van der Waals surface area (Å²) in [7, 11) is 0. The summed E-state index contributed by atoms with van der Waals surface area (Å²) in [6, 6.07) is 0.663. The summed E-state index contributed by atoms with van der Waals surface area (Å²) in [5.74, 6) is 1.80. The van der Waals surface area contributed by atoms with Gasteiger partial charge in [0.05, 0.1) is 0 Å². The average Bonchev–Trinajstić information content (AvgIpc) is 2.52. The molecule has 0 atom stereocenters. The van der Waals surface area contributed by atoms with E-state index in [4.69, 9.17) is 0 Å². The molecule has 0 spiro atoms. The summed E-state index contributed by atoms with van der Waals surface area (Å²) < 4.78 is 0. The number of amides is 1. The molecule has 3 heteroatoms. The molecule has 0 radical (unpaired) electrons. The lowest BCUT2D eigenvalue weighted by Crippen LogP contribution is -2.41. The van der Waals surface area contributed by atoms with E-state index in [2.05, 4.69) is 24.1 Å². The molecule has 1 aliphatic heterocycles. The van der Waals surface area contributed by atoms with Gasteiger partial charge in [-0.05, 0) is 58.0 Å². The fraction of sp³-hybridized carbons (Fsp3) is 0.944. The highest BCUT2D eigenvalue weighted by atomic mass is 16.1. The Morgan fingerprint density at radius 1 is 1.05 bits per heavy atom. The van der Waals surface area contributed by atoms with Crippen LogP contribution in [-0.2, 0) is 4.79 Å². The zero-order valence-electron chi connectivity index (χ0n) is 14.1. The maximum atomic E-state index is 12.0. The minimum absolute atomic E-state index is 0.284. The third kappa shape index (κ3) is 5.98. The molecule has 1 heterocycles. The number of rotatable bonds is 6. The topological polar surface area (TPSA) is 32.3 Å². The predicted octanol–water partition coefficient (Wildman–Crippen LogP) is 3.58. The molecule has 0 bridgehead atoms. The fourth-order valence-electron chi connectivity index (χ4n) is 3.83. The number of piperidine rings is 1. The highest BCUT2D eigenvalue weighted by Gasteiger charge is 2.21. The molecule has 1 N–H and O–H groups in total. The number of carbonyl (C=O) groups is 1. The molecule has 1 saturated heterocycles. The van der Waals surface area contributed by atoms with E-state index < -0.39 is 0 Å². The van der Waals surface area contributed by atoms with Gasteiger partial charge in [0.25, 0.3) is 0 Å². The van der Waals surface area contributed by atoms with Gasteiger partial charge in [-0.1, -0.05) is 32.1 Å². The summed E-state index contributed by atoms with van der Waals surface area (Å²) in [6.07, 6.45) is 11.2. The van der Waals surface area contributed by atoms with E-state index in [1.165, 1.54) is 58.0 Å². The molecule has 122 valence electrons. The van der Waals surface area contributed by atoms with Crippen molar-refractivity contribution in [3.05, 3.63) is 0 Å². The number of nitrogens with zero attached hydrogens (tertiary/aromatic N) is 1. The third-order valence-electron chi connectivity index (χ3n) is 5.47. The molecule has 21 heavy (non-hydrogen) atoms. The van der Waals surface area contributed by atoms with Crippen LogP contribution in [0.1, 0.15) is 71.6 Å². The van der Waals surface area contributed by atoms with Crippen LogP contribution in [0.2, 0.25) is 0 Å². The summed E-state index contributed by atoms with van der Waals surface area (Å²) >= 11 is 0. The average molecular weight is 294 g/mol. The number of carbonyl (C=O) groups excluding carboxylic acids is 1. The number of hydrogen-bond donors (Lipinski definition) is 1. The van der Waals surface area contributed by atoms with Crippen LogP contribution >= 0.6 is 0 Å². The van der Waals surface area contributed by atoms with Gasteiger partial charge in [-0.15, -0.1) is 0 Å². The van der Waals surface area contributed by atoms with E-state index in [1.807, 2.05) is 0 Å². The van der Waals surface area contributed by atoms with Crippen molar-refractivity contribution in [2.75, 3.05) is 19.6 Å². The van der Waals surface area contributed by atoms with Crippen molar-refractivity contribution in [1.82, 2.24) is 10.2 Å². The van der Waals surface area contributed by atoms with Gasteiger partial charge in [-0.3, -0.25) is 4.79 Å². The third-order valence-corrected chi connectivity index (χ3v) is 5.47. The van der Waals surface area contributed by atoms with Gasteiger partial charge in [-0.2, -0.15) is 0 Å². The lowest BCUT2D eigenvalue weighted by Gasteiger charge is -2.34. The molecule has 0 unspecified atom stereocenters. The van der Waals surface area contributed by atoms with Gasteiger partial charge in [0, 0.05) is 19.0 Å². The summed E-state index contributed by atoms with van der Waals surface area (Å²) in [5, 5.41) is 3.18. The predicted molar refractivity (Wildman–Crippen MR) is 88.3 cm³/mol. The second kappa shape index (κ2) is 8.77. The van der Waals surface area contributed by atoms with Gasteiger partial charge >= 0.3 is 0 Å². The largest absolute Gasteiger partial charge is 0.356 e. The minimum atomic E-state index is 0.284. The van der Waals surface area contributed by atoms with Crippen LogP contribution in [0.15, 0.2) is 0 Å². The first-order chi connectivity index (χ1) is 10.1. The first-order valence-electron chi connectivity index (χ1n) is 9.16. The van der Waals surface area contributed by atoms with Crippen molar-refractivity contribution in [2.24, 2.45) is 11.8 Å². The minimum Gasteiger partial charge on any atom is -0.356 e. The van der Waals surface area contributed by atoms with Crippen LogP contribution in [-0.4, -0.2) is 36.5 Å². The summed E-state index contributed by atoms with van der Waals surface area (Å²) in [5.41, 5.74) is 0. The molecule has 0 aromatic carbocycles. The van der Waals surface area contributed by atoms with Crippen LogP contribution in [0.3, 0.4) is 0 Å². The Hall–Kier alpha value is -0.570. The molecule has 1 amide bonds. The van der Waals surface area contributed by atoms with Crippen molar-refractivity contribution in [3.8, 4) is 0 Å². The molecule has 0 aromatic rings. The molecule has 3 nitrogen and oxygen atoms in total. The van der Waals surface area contributed by atoms with Gasteiger partial charge in [0.1, 0.15) is 0 Å². The molecule has 0 aromatic heterocycles. The monoisotopic (exact) mass is 294 g/mol. The van der Waals surface area contributed by atoms with Crippen molar-refractivity contribution in [1.29, 1.82) is 0 Å². The van der Waals surface area contributed by atoms with E-state index in [0.29, 0.717) is 12.0 Å². The summed E-state index contributed by atoms with van der Waals surface area (Å²) in [4.78, 5) is 14.5. The summed E-state index contributed by atoms with van der Waals surface area (Å²) in [6.45, 7) is 7.83. The van der Waals surface area contributed by atoms with Crippen molar-refractivity contribution in [2.45, 2.75) is 77.7 Å². The van der Waals surface area contributed by atoms with Crippen LogP contribution in [0, 0.1) is 11.8 Å².